The summed E-state index contributed by atoms with van der Waals surface area (Å²) in [6.07, 6.45) is 3.77. The lowest BCUT2D eigenvalue weighted by Crippen LogP contribution is -2.27. The van der Waals surface area contributed by atoms with Crippen LogP contribution in [0, 0.1) is 6.92 Å². The monoisotopic (exact) mass is 219 g/mol. The Balaban J connectivity index is 1.99. The predicted molar refractivity (Wildman–Crippen MR) is 61.9 cm³/mol. The number of nitrogens with one attached hydrogen (secondary N) is 1. The van der Waals surface area contributed by atoms with Crippen molar-refractivity contribution in [2.75, 3.05) is 13.3 Å². The highest BCUT2D eigenvalue weighted by atomic mass is 16.7. The highest BCUT2D eigenvalue weighted by Crippen LogP contribution is 2.41. The van der Waals surface area contributed by atoms with Crippen LogP contribution < -0.4 is 14.8 Å². The maximum absolute atomic E-state index is 5.58. The van der Waals surface area contributed by atoms with Gasteiger partial charge in [0, 0.05) is 11.6 Å². The topological polar surface area (TPSA) is 30.5 Å². The molecule has 0 aromatic heterocycles. The van der Waals surface area contributed by atoms with Gasteiger partial charge in [-0.2, -0.15) is 0 Å². The van der Waals surface area contributed by atoms with Crippen molar-refractivity contribution in [2.24, 2.45) is 0 Å². The molecule has 0 aliphatic carbocycles. The van der Waals surface area contributed by atoms with E-state index in [1.807, 2.05) is 0 Å². The molecular formula is C13H17NO2. The van der Waals surface area contributed by atoms with Gasteiger partial charge in [-0.15, -0.1) is 0 Å². The quantitative estimate of drug-likeness (QED) is 0.787. The van der Waals surface area contributed by atoms with E-state index in [1.165, 1.54) is 30.4 Å². The Kier molecular flexibility index (Phi) is 2.48. The van der Waals surface area contributed by atoms with Crippen LogP contribution in [0.15, 0.2) is 12.1 Å². The summed E-state index contributed by atoms with van der Waals surface area (Å²) in [5.74, 6) is 1.85. The third-order valence-electron chi connectivity index (χ3n) is 3.33. The Morgan fingerprint density at radius 1 is 1.25 bits per heavy atom. The minimum absolute atomic E-state index is 0.360. The number of ether oxygens (including phenoxy) is 2. The normalized spacial score (nSPS) is 23.4. The van der Waals surface area contributed by atoms with E-state index in [0.717, 1.165) is 18.0 Å². The van der Waals surface area contributed by atoms with Gasteiger partial charge in [-0.05, 0) is 37.9 Å². The molecule has 0 saturated carbocycles. The highest BCUT2D eigenvalue weighted by Gasteiger charge is 2.24. The van der Waals surface area contributed by atoms with E-state index in [0.29, 0.717) is 12.8 Å². The third-order valence-corrected chi connectivity index (χ3v) is 3.33. The summed E-state index contributed by atoms with van der Waals surface area (Å²) >= 11 is 0. The molecule has 0 radical (unpaired) electrons. The van der Waals surface area contributed by atoms with Gasteiger partial charge >= 0.3 is 0 Å². The van der Waals surface area contributed by atoms with Gasteiger partial charge < -0.3 is 14.8 Å². The van der Waals surface area contributed by atoms with Gasteiger partial charge in [-0.25, -0.2) is 0 Å². The molecule has 2 aliphatic rings. The fraction of sp³-hybridized carbons (Fsp3) is 0.538. The molecule has 1 atom stereocenters. The van der Waals surface area contributed by atoms with E-state index in [4.69, 9.17) is 9.47 Å². The lowest BCUT2D eigenvalue weighted by molar-refractivity contribution is 0.172. The van der Waals surface area contributed by atoms with Gasteiger partial charge in [0.15, 0.2) is 11.5 Å². The van der Waals surface area contributed by atoms with Gasteiger partial charge in [0.25, 0.3) is 0 Å². The Morgan fingerprint density at radius 2 is 2.19 bits per heavy atom. The smallest absolute Gasteiger partial charge is 0.231 e. The van der Waals surface area contributed by atoms with Crippen molar-refractivity contribution in [3.8, 4) is 11.5 Å². The molecule has 1 fully saturated rings. The third kappa shape index (κ3) is 1.65. The van der Waals surface area contributed by atoms with Crippen molar-refractivity contribution < 1.29 is 9.47 Å². The maximum Gasteiger partial charge on any atom is 0.231 e. The zero-order chi connectivity index (χ0) is 11.0. The summed E-state index contributed by atoms with van der Waals surface area (Å²) < 4.78 is 11.0. The molecule has 86 valence electrons. The summed E-state index contributed by atoms with van der Waals surface area (Å²) in [5, 5.41) is 3.56. The molecule has 3 nitrogen and oxygen atoms in total. The predicted octanol–water partition coefficient (Wildman–Crippen LogP) is 2.54. The van der Waals surface area contributed by atoms with Crippen LogP contribution in [0.25, 0.3) is 0 Å². The first kappa shape index (κ1) is 9.97. The lowest BCUT2D eigenvalue weighted by atomic mass is 9.95. The number of aryl methyl sites for hydroxylation is 1. The number of fused-ring (bicyclic) bond motifs is 1. The van der Waals surface area contributed by atoms with Crippen LogP contribution in [0.2, 0.25) is 0 Å². The molecule has 3 heteroatoms. The molecule has 16 heavy (non-hydrogen) atoms. The molecule has 2 heterocycles. The second kappa shape index (κ2) is 3.98. The maximum atomic E-state index is 5.58. The van der Waals surface area contributed by atoms with Crippen LogP contribution in [0.1, 0.15) is 36.4 Å². The van der Waals surface area contributed by atoms with Crippen LogP contribution in [0.4, 0.5) is 0 Å². The highest BCUT2D eigenvalue weighted by molar-refractivity contribution is 5.52. The zero-order valence-electron chi connectivity index (χ0n) is 9.58. The van der Waals surface area contributed by atoms with E-state index in [-0.39, 0.29) is 0 Å². The first-order chi connectivity index (χ1) is 7.84. The van der Waals surface area contributed by atoms with Crippen molar-refractivity contribution in [3.05, 3.63) is 23.3 Å². The fourth-order valence-corrected chi connectivity index (χ4v) is 2.56. The van der Waals surface area contributed by atoms with Crippen molar-refractivity contribution >= 4 is 0 Å². The minimum atomic E-state index is 0.360. The van der Waals surface area contributed by atoms with Gasteiger partial charge in [-0.1, -0.05) is 12.5 Å². The average molecular weight is 219 g/mol. The number of rotatable bonds is 1. The molecule has 0 amide bonds. The van der Waals surface area contributed by atoms with Crippen LogP contribution in [-0.2, 0) is 0 Å². The van der Waals surface area contributed by atoms with Crippen LogP contribution in [-0.4, -0.2) is 13.3 Å². The zero-order valence-corrected chi connectivity index (χ0v) is 9.58. The number of piperidine rings is 1. The van der Waals surface area contributed by atoms with Gasteiger partial charge in [0.05, 0.1) is 0 Å². The van der Waals surface area contributed by atoms with Crippen molar-refractivity contribution in [2.45, 2.75) is 32.2 Å². The average Bonchev–Trinajstić information content (AvgIpc) is 2.77. The summed E-state index contributed by atoms with van der Waals surface area (Å²) in [6, 6.07) is 4.70. The first-order valence-electron chi connectivity index (χ1n) is 5.98. The molecule has 0 spiro atoms. The Morgan fingerprint density at radius 3 is 3.00 bits per heavy atom. The second-order valence-corrected chi connectivity index (χ2v) is 4.59. The second-order valence-electron chi connectivity index (χ2n) is 4.59. The fourth-order valence-electron chi connectivity index (χ4n) is 2.56. The lowest BCUT2D eigenvalue weighted by Gasteiger charge is -2.25. The van der Waals surface area contributed by atoms with Gasteiger partial charge in [-0.3, -0.25) is 0 Å². The molecule has 0 bridgehead atoms. The molecule has 1 saturated heterocycles. The van der Waals surface area contributed by atoms with E-state index in [1.54, 1.807) is 0 Å². The van der Waals surface area contributed by atoms with E-state index in [9.17, 15) is 0 Å². The molecule has 3 rings (SSSR count). The van der Waals surface area contributed by atoms with Crippen LogP contribution >= 0.6 is 0 Å². The van der Waals surface area contributed by atoms with Crippen molar-refractivity contribution in [1.82, 2.24) is 5.32 Å². The summed E-state index contributed by atoms with van der Waals surface area (Å²) in [4.78, 5) is 0. The van der Waals surface area contributed by atoms with Crippen LogP contribution in [0.5, 0.6) is 11.5 Å². The Hall–Kier alpha value is -1.22. The Bertz CT molecular complexity index is 397. The molecule has 1 N–H and O–H groups in total. The molecule has 1 aromatic rings. The largest absolute Gasteiger partial charge is 0.454 e. The van der Waals surface area contributed by atoms with Crippen LogP contribution in [0.3, 0.4) is 0 Å². The van der Waals surface area contributed by atoms with Gasteiger partial charge in [0.2, 0.25) is 6.79 Å². The van der Waals surface area contributed by atoms with E-state index in [2.05, 4.69) is 24.4 Å². The standard InChI is InChI=1S/C13H17NO2/c1-9-6-10(11-4-2-3-5-14-11)13-12(7-9)15-8-16-13/h6-7,11,14H,2-5,8H2,1H3. The number of benzene rings is 1. The molecule has 1 unspecified atom stereocenters. The number of hydrogen-bond donors (Lipinski definition) is 1. The van der Waals surface area contributed by atoms with E-state index >= 15 is 0 Å². The van der Waals surface area contributed by atoms with Gasteiger partial charge in [0.1, 0.15) is 0 Å². The molecular weight excluding hydrogens is 202 g/mol. The van der Waals surface area contributed by atoms with E-state index < -0.39 is 0 Å². The summed E-state index contributed by atoms with van der Waals surface area (Å²) in [6.45, 7) is 3.57. The molecule has 1 aromatic carbocycles. The molecule has 2 aliphatic heterocycles. The minimum Gasteiger partial charge on any atom is -0.454 e. The Labute approximate surface area is 95.8 Å². The summed E-state index contributed by atoms with van der Waals surface area (Å²) in [7, 11) is 0. The number of hydrogen-bond acceptors (Lipinski definition) is 3. The first-order valence-corrected chi connectivity index (χ1v) is 5.98. The summed E-state index contributed by atoms with van der Waals surface area (Å²) in [5.41, 5.74) is 2.51. The SMILES string of the molecule is Cc1cc2c(c(C3CCCCN3)c1)OCO2. The van der Waals surface area contributed by atoms with Crippen molar-refractivity contribution in [3.63, 3.8) is 0 Å². The van der Waals surface area contributed by atoms with Crippen molar-refractivity contribution in [1.29, 1.82) is 0 Å².